The van der Waals surface area contributed by atoms with Gasteiger partial charge in [0, 0.05) is 43.3 Å². The minimum Gasteiger partial charge on any atom is -0.377 e. The summed E-state index contributed by atoms with van der Waals surface area (Å²) in [4.78, 5) is 10.1. The van der Waals surface area contributed by atoms with E-state index in [0.29, 0.717) is 0 Å². The third kappa shape index (κ3) is 1.96. The monoisotopic (exact) mass is 199 g/mol. The molecule has 2 rings (SSSR count). The Hall–Kier alpha value is -1.90. The highest BCUT2D eigenvalue weighted by atomic mass is 15.1. The van der Waals surface area contributed by atoms with Crippen molar-refractivity contribution in [2.75, 3.05) is 19.0 Å². The molecule has 0 radical (unpaired) electrons. The number of hydrogen-bond acceptors (Lipinski definition) is 3. The van der Waals surface area contributed by atoms with E-state index in [-0.39, 0.29) is 0 Å². The zero-order valence-corrected chi connectivity index (χ0v) is 8.88. The molecule has 76 valence electrons. The third-order valence-corrected chi connectivity index (χ3v) is 2.26. The molecule has 0 saturated carbocycles. The van der Waals surface area contributed by atoms with Crippen LogP contribution in [0.5, 0.6) is 0 Å². The molecule has 0 amide bonds. The number of nitrogens with zero attached hydrogens (tertiary/aromatic N) is 3. The van der Waals surface area contributed by atoms with Crippen molar-refractivity contribution in [2.45, 2.75) is 0 Å². The molecule has 0 bridgehead atoms. The lowest BCUT2D eigenvalue weighted by molar-refractivity contribution is 1.12. The van der Waals surface area contributed by atoms with Gasteiger partial charge in [-0.15, -0.1) is 0 Å². The fourth-order valence-corrected chi connectivity index (χ4v) is 1.55. The second kappa shape index (κ2) is 4.09. The number of para-hydroxylation sites is 1. The summed E-state index contributed by atoms with van der Waals surface area (Å²) in [6, 6.07) is 8.22. The molecule has 1 aromatic heterocycles. The van der Waals surface area contributed by atoms with Gasteiger partial charge in [-0.05, 0) is 6.07 Å². The SMILES string of the molecule is CN(C)c1ccccc1-c1cncnc1. The normalized spacial score (nSPS) is 10.0. The largest absolute Gasteiger partial charge is 0.377 e. The number of anilines is 1. The van der Waals surface area contributed by atoms with Gasteiger partial charge in [-0.25, -0.2) is 9.97 Å². The van der Waals surface area contributed by atoms with Crippen molar-refractivity contribution in [2.24, 2.45) is 0 Å². The van der Waals surface area contributed by atoms with Crippen LogP contribution in [-0.4, -0.2) is 24.1 Å². The van der Waals surface area contributed by atoms with E-state index < -0.39 is 0 Å². The van der Waals surface area contributed by atoms with Crippen LogP contribution in [0, 0.1) is 0 Å². The van der Waals surface area contributed by atoms with E-state index in [1.165, 1.54) is 5.69 Å². The van der Waals surface area contributed by atoms with Gasteiger partial charge in [0.15, 0.2) is 0 Å². The zero-order chi connectivity index (χ0) is 10.7. The second-order valence-electron chi connectivity index (χ2n) is 3.54. The Morgan fingerprint density at radius 2 is 1.67 bits per heavy atom. The van der Waals surface area contributed by atoms with Crippen LogP contribution in [0.1, 0.15) is 0 Å². The van der Waals surface area contributed by atoms with E-state index in [1.54, 1.807) is 6.33 Å². The predicted octanol–water partition coefficient (Wildman–Crippen LogP) is 2.21. The number of aromatic nitrogens is 2. The van der Waals surface area contributed by atoms with Crippen LogP contribution < -0.4 is 4.90 Å². The Labute approximate surface area is 89.4 Å². The lowest BCUT2D eigenvalue weighted by Crippen LogP contribution is -2.09. The molecule has 3 nitrogen and oxygen atoms in total. The quantitative estimate of drug-likeness (QED) is 0.742. The highest BCUT2D eigenvalue weighted by molar-refractivity contribution is 5.77. The van der Waals surface area contributed by atoms with Gasteiger partial charge < -0.3 is 4.90 Å². The van der Waals surface area contributed by atoms with Crippen LogP contribution in [0.4, 0.5) is 5.69 Å². The average Bonchev–Trinajstić information content (AvgIpc) is 2.30. The van der Waals surface area contributed by atoms with Gasteiger partial charge in [-0.1, -0.05) is 18.2 Å². The first kappa shape index (κ1) is 9.65. The van der Waals surface area contributed by atoms with Gasteiger partial charge >= 0.3 is 0 Å². The summed E-state index contributed by atoms with van der Waals surface area (Å²) in [5.41, 5.74) is 3.37. The smallest absolute Gasteiger partial charge is 0.115 e. The molecule has 1 heterocycles. The van der Waals surface area contributed by atoms with Crippen LogP contribution in [0.15, 0.2) is 43.0 Å². The van der Waals surface area contributed by atoms with Gasteiger partial charge in [0.1, 0.15) is 6.33 Å². The van der Waals surface area contributed by atoms with Crippen molar-refractivity contribution >= 4 is 5.69 Å². The summed E-state index contributed by atoms with van der Waals surface area (Å²) >= 11 is 0. The molecule has 1 aromatic carbocycles. The van der Waals surface area contributed by atoms with Crippen molar-refractivity contribution in [3.8, 4) is 11.1 Å². The van der Waals surface area contributed by atoms with Gasteiger partial charge in [0.2, 0.25) is 0 Å². The van der Waals surface area contributed by atoms with E-state index in [1.807, 2.05) is 38.6 Å². The standard InChI is InChI=1S/C12H13N3/c1-15(2)12-6-4-3-5-11(12)10-7-13-9-14-8-10/h3-9H,1-2H3. The summed E-state index contributed by atoms with van der Waals surface area (Å²) in [6.45, 7) is 0. The first-order valence-corrected chi connectivity index (χ1v) is 4.81. The lowest BCUT2D eigenvalue weighted by atomic mass is 10.1. The molecule has 0 saturated heterocycles. The van der Waals surface area contributed by atoms with Crippen LogP contribution in [0.3, 0.4) is 0 Å². The molecule has 0 spiro atoms. The molecule has 2 aromatic rings. The Bertz CT molecular complexity index is 438. The van der Waals surface area contributed by atoms with Gasteiger partial charge in [0.05, 0.1) is 0 Å². The first-order valence-electron chi connectivity index (χ1n) is 4.81. The molecule has 0 unspecified atom stereocenters. The summed E-state index contributed by atoms with van der Waals surface area (Å²) in [7, 11) is 4.06. The van der Waals surface area contributed by atoms with E-state index in [0.717, 1.165) is 11.1 Å². The van der Waals surface area contributed by atoms with Crippen LogP contribution >= 0.6 is 0 Å². The number of benzene rings is 1. The minimum absolute atomic E-state index is 1.04. The molecule has 3 heteroatoms. The van der Waals surface area contributed by atoms with Gasteiger partial charge in [-0.3, -0.25) is 0 Å². The Balaban J connectivity index is 2.53. The predicted molar refractivity (Wildman–Crippen MR) is 61.8 cm³/mol. The van der Waals surface area contributed by atoms with Crippen molar-refractivity contribution < 1.29 is 0 Å². The van der Waals surface area contributed by atoms with Crippen LogP contribution in [0.25, 0.3) is 11.1 Å². The second-order valence-corrected chi connectivity index (χ2v) is 3.54. The number of rotatable bonds is 2. The van der Waals surface area contributed by atoms with Crippen LogP contribution in [-0.2, 0) is 0 Å². The van der Waals surface area contributed by atoms with E-state index in [2.05, 4.69) is 27.0 Å². The molecule has 0 aliphatic carbocycles. The van der Waals surface area contributed by atoms with Crippen molar-refractivity contribution in [1.82, 2.24) is 9.97 Å². The molecule has 15 heavy (non-hydrogen) atoms. The van der Waals surface area contributed by atoms with Crippen molar-refractivity contribution in [1.29, 1.82) is 0 Å². The summed E-state index contributed by atoms with van der Waals surface area (Å²) < 4.78 is 0. The zero-order valence-electron chi connectivity index (χ0n) is 8.88. The summed E-state index contributed by atoms with van der Waals surface area (Å²) in [5.74, 6) is 0. The molecular weight excluding hydrogens is 186 g/mol. The Kier molecular flexibility index (Phi) is 2.63. The van der Waals surface area contributed by atoms with E-state index in [4.69, 9.17) is 0 Å². The molecular formula is C12H13N3. The molecule has 0 fully saturated rings. The fourth-order valence-electron chi connectivity index (χ4n) is 1.55. The molecule has 0 aliphatic rings. The van der Waals surface area contributed by atoms with Crippen LogP contribution in [0.2, 0.25) is 0 Å². The number of hydrogen-bond donors (Lipinski definition) is 0. The Morgan fingerprint density at radius 3 is 2.33 bits per heavy atom. The molecule has 0 aliphatic heterocycles. The molecule has 0 atom stereocenters. The van der Waals surface area contributed by atoms with Crippen molar-refractivity contribution in [3.05, 3.63) is 43.0 Å². The van der Waals surface area contributed by atoms with E-state index in [9.17, 15) is 0 Å². The summed E-state index contributed by atoms with van der Waals surface area (Å²) in [6.07, 6.45) is 5.20. The Morgan fingerprint density at radius 1 is 1.00 bits per heavy atom. The summed E-state index contributed by atoms with van der Waals surface area (Å²) in [5, 5.41) is 0. The molecule has 0 N–H and O–H groups in total. The fraction of sp³-hybridized carbons (Fsp3) is 0.167. The van der Waals surface area contributed by atoms with Gasteiger partial charge in [-0.2, -0.15) is 0 Å². The lowest BCUT2D eigenvalue weighted by Gasteiger charge is -2.16. The highest BCUT2D eigenvalue weighted by Crippen LogP contribution is 2.27. The highest BCUT2D eigenvalue weighted by Gasteiger charge is 2.05. The third-order valence-electron chi connectivity index (χ3n) is 2.26. The van der Waals surface area contributed by atoms with Crippen molar-refractivity contribution in [3.63, 3.8) is 0 Å². The van der Waals surface area contributed by atoms with E-state index >= 15 is 0 Å². The van der Waals surface area contributed by atoms with Gasteiger partial charge in [0.25, 0.3) is 0 Å². The first-order chi connectivity index (χ1) is 7.29. The maximum atomic E-state index is 4.03. The average molecular weight is 199 g/mol. The maximum Gasteiger partial charge on any atom is 0.115 e. The minimum atomic E-state index is 1.04. The maximum absolute atomic E-state index is 4.03. The topological polar surface area (TPSA) is 29.0 Å².